The Kier molecular flexibility index (Phi) is 2.60. The van der Waals surface area contributed by atoms with Crippen molar-refractivity contribution >= 4 is 11.3 Å². The van der Waals surface area contributed by atoms with Crippen molar-refractivity contribution < 1.29 is 4.42 Å². The molecule has 0 bridgehead atoms. The Balaban J connectivity index is 2.24. The number of rotatable bonds is 3. The number of aryl methyl sites for hydroxylation is 1. The Morgan fingerprint density at radius 1 is 1.50 bits per heavy atom. The van der Waals surface area contributed by atoms with Crippen LogP contribution in [0.15, 0.2) is 16.1 Å². The third-order valence-electron chi connectivity index (χ3n) is 1.75. The van der Waals surface area contributed by atoms with Gasteiger partial charge in [0.2, 0.25) is 5.89 Å². The van der Waals surface area contributed by atoms with Crippen LogP contribution < -0.4 is 5.32 Å². The lowest BCUT2D eigenvalue weighted by Gasteiger charge is -1.88. The van der Waals surface area contributed by atoms with Gasteiger partial charge in [-0.25, -0.2) is 9.97 Å². The summed E-state index contributed by atoms with van der Waals surface area (Å²) in [6.45, 7) is 2.68. The van der Waals surface area contributed by atoms with Gasteiger partial charge in [0, 0.05) is 11.9 Å². The van der Waals surface area contributed by atoms with Crippen molar-refractivity contribution in [2.75, 3.05) is 7.05 Å². The summed E-state index contributed by atoms with van der Waals surface area (Å²) in [4.78, 5) is 8.59. The topological polar surface area (TPSA) is 51.0 Å². The molecule has 0 fully saturated rings. The molecule has 0 amide bonds. The van der Waals surface area contributed by atoms with Crippen molar-refractivity contribution in [1.29, 1.82) is 0 Å². The number of thiazole rings is 1. The second-order valence-corrected chi connectivity index (χ2v) is 3.99. The first-order valence-corrected chi connectivity index (χ1v) is 5.19. The average molecular weight is 209 g/mol. The number of hydrogen-bond donors (Lipinski definition) is 1. The Bertz CT molecular complexity index is 421. The van der Waals surface area contributed by atoms with Gasteiger partial charge in [-0.1, -0.05) is 0 Å². The maximum atomic E-state index is 5.31. The lowest BCUT2D eigenvalue weighted by Crippen LogP contribution is -2.04. The largest absolute Gasteiger partial charge is 0.443 e. The van der Waals surface area contributed by atoms with E-state index in [0.717, 1.165) is 16.4 Å². The zero-order chi connectivity index (χ0) is 9.97. The number of oxazole rings is 1. The lowest BCUT2D eigenvalue weighted by atomic mass is 10.4. The van der Waals surface area contributed by atoms with Crippen molar-refractivity contribution in [2.24, 2.45) is 0 Å². The zero-order valence-corrected chi connectivity index (χ0v) is 8.89. The number of nitrogens with zero attached hydrogens (tertiary/aromatic N) is 2. The predicted octanol–water partition coefficient (Wildman–Crippen LogP) is 1.83. The van der Waals surface area contributed by atoms with Crippen LogP contribution in [0, 0.1) is 6.92 Å². The molecular formula is C9H11N3OS. The van der Waals surface area contributed by atoms with Gasteiger partial charge in [-0.3, -0.25) is 0 Å². The Morgan fingerprint density at radius 3 is 3.00 bits per heavy atom. The first-order chi connectivity index (χ1) is 6.79. The maximum absolute atomic E-state index is 5.31. The maximum Gasteiger partial charge on any atom is 0.246 e. The highest BCUT2D eigenvalue weighted by Gasteiger charge is 2.08. The normalized spacial score (nSPS) is 10.7. The van der Waals surface area contributed by atoms with Crippen LogP contribution in [-0.4, -0.2) is 17.0 Å². The molecule has 0 saturated carbocycles. The van der Waals surface area contributed by atoms with Crippen molar-refractivity contribution in [3.8, 4) is 11.6 Å². The summed E-state index contributed by atoms with van der Waals surface area (Å²) in [5.74, 6) is 0.597. The molecule has 0 unspecified atom stereocenters. The average Bonchev–Trinajstić information content (AvgIpc) is 2.74. The van der Waals surface area contributed by atoms with E-state index >= 15 is 0 Å². The Labute approximate surface area is 86.0 Å². The molecular weight excluding hydrogens is 198 g/mol. The smallest absolute Gasteiger partial charge is 0.246 e. The highest BCUT2D eigenvalue weighted by molar-refractivity contribution is 7.09. The fraction of sp³-hybridized carbons (Fsp3) is 0.333. The molecule has 0 saturated heterocycles. The molecule has 74 valence electrons. The second-order valence-electron chi connectivity index (χ2n) is 2.93. The zero-order valence-electron chi connectivity index (χ0n) is 8.07. The van der Waals surface area contributed by atoms with Crippen LogP contribution in [0.4, 0.5) is 0 Å². The molecule has 2 aromatic heterocycles. The third-order valence-corrected chi connectivity index (χ3v) is 2.52. The Hall–Kier alpha value is -1.20. The van der Waals surface area contributed by atoms with Gasteiger partial charge in [0.05, 0.1) is 10.7 Å². The van der Waals surface area contributed by atoms with E-state index < -0.39 is 0 Å². The third kappa shape index (κ3) is 1.83. The van der Waals surface area contributed by atoms with Crippen LogP contribution in [0.3, 0.4) is 0 Å². The first-order valence-electron chi connectivity index (χ1n) is 4.31. The Morgan fingerprint density at radius 2 is 2.36 bits per heavy atom. The van der Waals surface area contributed by atoms with E-state index in [9.17, 15) is 0 Å². The molecule has 0 aliphatic heterocycles. The van der Waals surface area contributed by atoms with E-state index in [4.69, 9.17) is 4.42 Å². The molecule has 0 aromatic carbocycles. The van der Waals surface area contributed by atoms with Gasteiger partial charge in [0.15, 0.2) is 0 Å². The van der Waals surface area contributed by atoms with E-state index in [0.29, 0.717) is 12.4 Å². The molecule has 0 spiro atoms. The van der Waals surface area contributed by atoms with Gasteiger partial charge >= 0.3 is 0 Å². The van der Waals surface area contributed by atoms with Gasteiger partial charge in [-0.2, -0.15) is 0 Å². The van der Waals surface area contributed by atoms with Crippen LogP contribution in [0.5, 0.6) is 0 Å². The van der Waals surface area contributed by atoms with Crippen molar-refractivity contribution in [3.05, 3.63) is 22.3 Å². The van der Waals surface area contributed by atoms with E-state index in [-0.39, 0.29) is 0 Å². The van der Waals surface area contributed by atoms with Crippen LogP contribution in [-0.2, 0) is 6.54 Å². The highest BCUT2D eigenvalue weighted by Crippen LogP contribution is 2.20. The monoisotopic (exact) mass is 209 g/mol. The molecule has 0 atom stereocenters. The van der Waals surface area contributed by atoms with E-state index in [1.807, 2.05) is 19.4 Å². The fourth-order valence-corrected chi connectivity index (χ4v) is 1.74. The molecule has 5 heteroatoms. The minimum Gasteiger partial charge on any atom is -0.443 e. The van der Waals surface area contributed by atoms with Crippen LogP contribution in [0.25, 0.3) is 11.6 Å². The van der Waals surface area contributed by atoms with Crippen LogP contribution >= 0.6 is 11.3 Å². The van der Waals surface area contributed by atoms with Gasteiger partial charge in [0.25, 0.3) is 0 Å². The summed E-state index contributed by atoms with van der Waals surface area (Å²) in [6.07, 6.45) is 1.65. The molecule has 2 aromatic rings. The second kappa shape index (κ2) is 3.89. The summed E-state index contributed by atoms with van der Waals surface area (Å²) < 4.78 is 5.31. The predicted molar refractivity (Wildman–Crippen MR) is 55.1 cm³/mol. The SMILES string of the molecule is CNCc1coc(-c2csc(C)n2)n1. The van der Waals surface area contributed by atoms with Gasteiger partial charge in [-0.05, 0) is 14.0 Å². The van der Waals surface area contributed by atoms with E-state index in [1.165, 1.54) is 0 Å². The summed E-state index contributed by atoms with van der Waals surface area (Å²) >= 11 is 1.60. The first kappa shape index (κ1) is 9.36. The number of aromatic nitrogens is 2. The van der Waals surface area contributed by atoms with Gasteiger partial charge in [-0.15, -0.1) is 11.3 Å². The van der Waals surface area contributed by atoms with E-state index in [2.05, 4.69) is 15.3 Å². The molecule has 0 aliphatic carbocycles. The minimum absolute atomic E-state index is 0.597. The summed E-state index contributed by atoms with van der Waals surface area (Å²) in [5, 5.41) is 5.98. The molecule has 0 radical (unpaired) electrons. The van der Waals surface area contributed by atoms with Crippen molar-refractivity contribution in [1.82, 2.24) is 15.3 Å². The molecule has 1 N–H and O–H groups in total. The number of nitrogens with one attached hydrogen (secondary N) is 1. The molecule has 14 heavy (non-hydrogen) atoms. The number of hydrogen-bond acceptors (Lipinski definition) is 5. The van der Waals surface area contributed by atoms with Gasteiger partial charge < -0.3 is 9.73 Å². The minimum atomic E-state index is 0.597. The lowest BCUT2D eigenvalue weighted by molar-refractivity contribution is 0.569. The van der Waals surface area contributed by atoms with Crippen molar-refractivity contribution in [2.45, 2.75) is 13.5 Å². The molecule has 2 heterocycles. The standard InChI is InChI=1S/C9H11N3OS/c1-6-11-8(5-14-6)9-12-7(3-10-2)4-13-9/h4-5,10H,3H2,1-2H3. The van der Waals surface area contributed by atoms with Gasteiger partial charge in [0.1, 0.15) is 12.0 Å². The summed E-state index contributed by atoms with van der Waals surface area (Å²) in [7, 11) is 1.88. The summed E-state index contributed by atoms with van der Waals surface area (Å²) in [6, 6.07) is 0. The molecule has 0 aliphatic rings. The quantitative estimate of drug-likeness (QED) is 0.837. The van der Waals surface area contributed by atoms with Crippen LogP contribution in [0.2, 0.25) is 0 Å². The van der Waals surface area contributed by atoms with Crippen LogP contribution in [0.1, 0.15) is 10.7 Å². The molecule has 2 rings (SSSR count). The summed E-state index contributed by atoms with van der Waals surface area (Å²) in [5.41, 5.74) is 1.71. The highest BCUT2D eigenvalue weighted by atomic mass is 32.1. The van der Waals surface area contributed by atoms with E-state index in [1.54, 1.807) is 17.6 Å². The van der Waals surface area contributed by atoms with Crippen molar-refractivity contribution in [3.63, 3.8) is 0 Å². The fourth-order valence-electron chi connectivity index (χ4n) is 1.15. The molecule has 4 nitrogen and oxygen atoms in total.